The fourth-order valence-electron chi connectivity index (χ4n) is 3.38. The highest BCUT2D eigenvalue weighted by molar-refractivity contribution is 6.30. The van der Waals surface area contributed by atoms with Crippen molar-refractivity contribution in [2.24, 2.45) is 0 Å². The topological polar surface area (TPSA) is 74.8 Å². The minimum atomic E-state index is -0.292. The summed E-state index contributed by atoms with van der Waals surface area (Å²) in [6.07, 6.45) is 0.548. The fraction of sp³-hybridized carbons (Fsp3) is 0.125. The van der Waals surface area contributed by atoms with Crippen LogP contribution in [0.5, 0.6) is 0 Å². The van der Waals surface area contributed by atoms with E-state index in [0.29, 0.717) is 28.2 Å². The highest BCUT2D eigenvalue weighted by atomic mass is 35.5. The molecule has 1 atom stereocenters. The Labute approximate surface area is 178 Å². The number of fused-ring (bicyclic) bond motifs is 1. The Morgan fingerprint density at radius 1 is 0.933 bits per heavy atom. The van der Waals surface area contributed by atoms with Crippen molar-refractivity contribution in [3.8, 4) is 0 Å². The summed E-state index contributed by atoms with van der Waals surface area (Å²) in [6.45, 7) is 0. The van der Waals surface area contributed by atoms with Gasteiger partial charge in [0.15, 0.2) is 0 Å². The number of para-hydroxylation sites is 1. The van der Waals surface area contributed by atoms with Crippen molar-refractivity contribution in [1.82, 2.24) is 15.3 Å². The minimum absolute atomic E-state index is 0.130. The molecule has 5 nitrogen and oxygen atoms in total. The van der Waals surface area contributed by atoms with E-state index in [9.17, 15) is 9.59 Å². The molecule has 0 aliphatic carbocycles. The van der Waals surface area contributed by atoms with Gasteiger partial charge in [-0.1, -0.05) is 66.2 Å². The lowest BCUT2D eigenvalue weighted by Crippen LogP contribution is -2.29. The Hall–Kier alpha value is -3.44. The second kappa shape index (κ2) is 8.93. The van der Waals surface area contributed by atoms with E-state index in [4.69, 9.17) is 11.6 Å². The Balaban J connectivity index is 1.50. The molecule has 0 fully saturated rings. The van der Waals surface area contributed by atoms with Crippen LogP contribution in [0.15, 0.2) is 83.7 Å². The number of hydrogen-bond donors (Lipinski definition) is 2. The van der Waals surface area contributed by atoms with Gasteiger partial charge in [-0.15, -0.1) is 0 Å². The number of carbonyl (C=O) groups excluding carboxylic acids is 1. The number of aromatic nitrogens is 2. The Morgan fingerprint density at radius 2 is 1.60 bits per heavy atom. The summed E-state index contributed by atoms with van der Waals surface area (Å²) in [5, 5.41) is 4.27. The first kappa shape index (κ1) is 19.9. The predicted molar refractivity (Wildman–Crippen MR) is 119 cm³/mol. The van der Waals surface area contributed by atoms with Crippen LogP contribution in [0, 0.1) is 0 Å². The number of rotatable bonds is 6. The molecule has 1 amide bonds. The molecule has 0 aliphatic heterocycles. The molecule has 0 radical (unpaired) electrons. The molecule has 150 valence electrons. The zero-order valence-electron chi connectivity index (χ0n) is 16.1. The Bertz CT molecular complexity index is 1220. The number of benzene rings is 3. The first-order valence-electron chi connectivity index (χ1n) is 9.68. The zero-order chi connectivity index (χ0) is 20.9. The molecule has 4 aromatic rings. The minimum Gasteiger partial charge on any atom is -0.345 e. The van der Waals surface area contributed by atoms with Gasteiger partial charge in [-0.3, -0.25) is 9.59 Å². The summed E-state index contributed by atoms with van der Waals surface area (Å²) in [7, 11) is 0. The van der Waals surface area contributed by atoms with Gasteiger partial charge in [0.05, 0.1) is 16.9 Å². The summed E-state index contributed by atoms with van der Waals surface area (Å²) < 4.78 is 0. The van der Waals surface area contributed by atoms with Gasteiger partial charge in [0.25, 0.3) is 5.56 Å². The van der Waals surface area contributed by atoms with E-state index in [2.05, 4.69) is 15.3 Å². The van der Waals surface area contributed by atoms with E-state index in [1.54, 1.807) is 18.2 Å². The third-order valence-corrected chi connectivity index (χ3v) is 5.14. The lowest BCUT2D eigenvalue weighted by atomic mass is 9.98. The van der Waals surface area contributed by atoms with Crippen molar-refractivity contribution in [2.45, 2.75) is 18.9 Å². The van der Waals surface area contributed by atoms with Crippen LogP contribution in [0.2, 0.25) is 5.02 Å². The molecule has 0 spiro atoms. The average molecular weight is 418 g/mol. The molecule has 1 unspecified atom stereocenters. The van der Waals surface area contributed by atoms with Gasteiger partial charge in [-0.05, 0) is 35.4 Å². The second-order valence-corrected chi connectivity index (χ2v) is 7.43. The van der Waals surface area contributed by atoms with Crippen molar-refractivity contribution in [3.63, 3.8) is 0 Å². The van der Waals surface area contributed by atoms with Gasteiger partial charge in [-0.25, -0.2) is 4.98 Å². The van der Waals surface area contributed by atoms with E-state index >= 15 is 0 Å². The van der Waals surface area contributed by atoms with E-state index in [1.165, 1.54) is 0 Å². The molecule has 0 aliphatic rings. The van der Waals surface area contributed by atoms with E-state index in [-0.39, 0.29) is 23.9 Å². The third-order valence-electron chi connectivity index (χ3n) is 4.89. The molecule has 0 saturated carbocycles. The van der Waals surface area contributed by atoms with Crippen molar-refractivity contribution in [1.29, 1.82) is 0 Å². The van der Waals surface area contributed by atoms with E-state index in [0.717, 1.165) is 11.1 Å². The average Bonchev–Trinajstić information content (AvgIpc) is 2.77. The van der Waals surface area contributed by atoms with Gasteiger partial charge in [0, 0.05) is 17.9 Å². The standard InChI is InChI=1S/C24H20ClN3O2/c25-18-12-10-17(11-13-18)23(16-6-2-1-3-7-16)28-22(29)15-14-21-26-20-9-5-4-8-19(20)24(30)27-21/h1-13,23H,14-15H2,(H,28,29)(H,26,27,30). The van der Waals surface area contributed by atoms with Crippen LogP contribution < -0.4 is 10.9 Å². The number of amides is 1. The normalized spacial score (nSPS) is 11.9. The molecular formula is C24H20ClN3O2. The second-order valence-electron chi connectivity index (χ2n) is 6.99. The highest BCUT2D eigenvalue weighted by Gasteiger charge is 2.17. The monoisotopic (exact) mass is 417 g/mol. The maximum absolute atomic E-state index is 12.7. The molecule has 0 saturated heterocycles. The highest BCUT2D eigenvalue weighted by Crippen LogP contribution is 2.23. The van der Waals surface area contributed by atoms with Crippen LogP contribution in [-0.4, -0.2) is 15.9 Å². The van der Waals surface area contributed by atoms with Gasteiger partial charge in [0.2, 0.25) is 5.91 Å². The first-order valence-corrected chi connectivity index (χ1v) is 10.1. The molecule has 2 N–H and O–H groups in total. The van der Waals surface area contributed by atoms with Crippen LogP contribution in [0.1, 0.15) is 29.4 Å². The first-order chi connectivity index (χ1) is 14.6. The lowest BCUT2D eigenvalue weighted by molar-refractivity contribution is -0.121. The van der Waals surface area contributed by atoms with Crippen LogP contribution in [0.4, 0.5) is 0 Å². The molecule has 4 rings (SSSR count). The van der Waals surface area contributed by atoms with E-state index < -0.39 is 0 Å². The SMILES string of the molecule is O=C(CCc1nc2ccccc2c(=O)[nH]1)NC(c1ccccc1)c1ccc(Cl)cc1. The number of nitrogens with zero attached hydrogens (tertiary/aromatic N) is 1. The fourth-order valence-corrected chi connectivity index (χ4v) is 3.50. The molecule has 6 heteroatoms. The number of aryl methyl sites for hydroxylation is 1. The number of carbonyl (C=O) groups is 1. The lowest BCUT2D eigenvalue weighted by Gasteiger charge is -2.20. The number of H-pyrrole nitrogens is 1. The van der Waals surface area contributed by atoms with Gasteiger partial charge < -0.3 is 10.3 Å². The maximum atomic E-state index is 12.7. The molecular weight excluding hydrogens is 398 g/mol. The third kappa shape index (κ3) is 4.58. The van der Waals surface area contributed by atoms with Gasteiger partial charge in [-0.2, -0.15) is 0 Å². The number of halogens is 1. The van der Waals surface area contributed by atoms with Crippen molar-refractivity contribution < 1.29 is 4.79 Å². The Morgan fingerprint density at radius 3 is 2.37 bits per heavy atom. The predicted octanol–water partition coefficient (Wildman–Crippen LogP) is 4.41. The molecule has 0 bridgehead atoms. The molecule has 30 heavy (non-hydrogen) atoms. The molecule has 1 aromatic heterocycles. The Kier molecular flexibility index (Phi) is 5.91. The summed E-state index contributed by atoms with van der Waals surface area (Å²) in [6, 6.07) is 24.1. The summed E-state index contributed by atoms with van der Waals surface area (Å²) in [5.74, 6) is 0.367. The van der Waals surface area contributed by atoms with Gasteiger partial charge in [0.1, 0.15) is 5.82 Å². The quantitative estimate of drug-likeness (QED) is 0.487. The molecule has 1 heterocycles. The smallest absolute Gasteiger partial charge is 0.258 e. The summed E-state index contributed by atoms with van der Waals surface area (Å²) >= 11 is 6.02. The van der Waals surface area contributed by atoms with Crippen LogP contribution in [0.25, 0.3) is 10.9 Å². The zero-order valence-corrected chi connectivity index (χ0v) is 16.9. The summed E-state index contributed by atoms with van der Waals surface area (Å²) in [4.78, 5) is 32.2. The number of hydrogen-bond acceptors (Lipinski definition) is 3. The summed E-state index contributed by atoms with van der Waals surface area (Å²) in [5.41, 5.74) is 2.35. The van der Waals surface area contributed by atoms with Crippen molar-refractivity contribution in [2.75, 3.05) is 0 Å². The number of aromatic amines is 1. The van der Waals surface area contributed by atoms with Crippen molar-refractivity contribution in [3.05, 3.63) is 111 Å². The van der Waals surface area contributed by atoms with Crippen LogP contribution in [0.3, 0.4) is 0 Å². The molecule has 3 aromatic carbocycles. The van der Waals surface area contributed by atoms with Crippen LogP contribution >= 0.6 is 11.6 Å². The largest absolute Gasteiger partial charge is 0.345 e. The maximum Gasteiger partial charge on any atom is 0.258 e. The number of nitrogens with one attached hydrogen (secondary N) is 2. The van der Waals surface area contributed by atoms with Gasteiger partial charge >= 0.3 is 0 Å². The van der Waals surface area contributed by atoms with Crippen molar-refractivity contribution >= 4 is 28.4 Å². The van der Waals surface area contributed by atoms with E-state index in [1.807, 2.05) is 60.7 Å². The van der Waals surface area contributed by atoms with Crippen LogP contribution in [-0.2, 0) is 11.2 Å².